The fourth-order valence-corrected chi connectivity index (χ4v) is 2.34. The van der Waals surface area contributed by atoms with Crippen molar-refractivity contribution < 1.29 is 9.90 Å². The summed E-state index contributed by atoms with van der Waals surface area (Å²) in [5.74, 6) is -0.672. The van der Waals surface area contributed by atoms with Crippen LogP contribution in [-0.4, -0.2) is 21.0 Å². The van der Waals surface area contributed by atoms with Crippen LogP contribution in [0.15, 0.2) is 60.7 Å². The predicted octanol–water partition coefficient (Wildman–Crippen LogP) is 4.24. The largest absolute Gasteiger partial charge is 0.477 e. The fourth-order valence-electron chi connectivity index (χ4n) is 2.09. The van der Waals surface area contributed by atoms with E-state index in [0.29, 0.717) is 11.5 Å². The molecule has 0 fully saturated rings. The summed E-state index contributed by atoms with van der Waals surface area (Å²) < 4.78 is 0. The molecule has 0 saturated carbocycles. The lowest BCUT2D eigenvalue weighted by atomic mass is 10.2. The van der Waals surface area contributed by atoms with Gasteiger partial charge in [0, 0.05) is 11.3 Å². The summed E-state index contributed by atoms with van der Waals surface area (Å²) in [4.78, 5) is 19.9. The molecule has 0 amide bonds. The summed E-state index contributed by atoms with van der Waals surface area (Å²) in [6.45, 7) is 0. The summed E-state index contributed by atoms with van der Waals surface area (Å²) in [5, 5.41) is 12.3. The Labute approximate surface area is 137 Å². The number of carbonyl (C=O) groups is 1. The first-order chi connectivity index (χ1) is 11.1. The Morgan fingerprint density at radius 2 is 1.57 bits per heavy atom. The van der Waals surface area contributed by atoms with E-state index in [1.54, 1.807) is 0 Å². The summed E-state index contributed by atoms with van der Waals surface area (Å²) in [6.07, 6.45) is 0. The maximum Gasteiger partial charge on any atom is 0.342 e. The van der Waals surface area contributed by atoms with Crippen molar-refractivity contribution in [3.05, 3.63) is 71.4 Å². The fraction of sp³-hybridized carbons (Fsp3) is 0. The second-order valence-corrected chi connectivity index (χ2v) is 5.08. The number of para-hydroxylation sites is 1. The van der Waals surface area contributed by atoms with Crippen molar-refractivity contribution >= 4 is 29.1 Å². The van der Waals surface area contributed by atoms with Crippen LogP contribution >= 0.6 is 11.6 Å². The highest BCUT2D eigenvalue weighted by molar-refractivity contribution is 6.33. The zero-order valence-electron chi connectivity index (χ0n) is 11.9. The van der Waals surface area contributed by atoms with E-state index in [9.17, 15) is 9.90 Å². The van der Waals surface area contributed by atoms with Crippen molar-refractivity contribution in [3.8, 4) is 11.4 Å². The number of nitrogens with zero attached hydrogens (tertiary/aromatic N) is 2. The number of rotatable bonds is 4. The van der Waals surface area contributed by atoms with Crippen LogP contribution in [-0.2, 0) is 0 Å². The number of hydrogen-bond acceptors (Lipinski definition) is 4. The maximum atomic E-state index is 11.5. The first-order valence-corrected chi connectivity index (χ1v) is 7.21. The summed E-state index contributed by atoms with van der Waals surface area (Å²) in [7, 11) is 0. The molecule has 1 aromatic heterocycles. The topological polar surface area (TPSA) is 75.1 Å². The van der Waals surface area contributed by atoms with Gasteiger partial charge in [-0.05, 0) is 12.1 Å². The molecule has 3 rings (SSSR count). The lowest BCUT2D eigenvalue weighted by Crippen LogP contribution is -2.08. The van der Waals surface area contributed by atoms with Gasteiger partial charge >= 0.3 is 5.97 Å². The number of carboxylic acids is 1. The van der Waals surface area contributed by atoms with Crippen LogP contribution in [0.3, 0.4) is 0 Å². The van der Waals surface area contributed by atoms with E-state index < -0.39 is 5.97 Å². The van der Waals surface area contributed by atoms with Crippen molar-refractivity contribution in [1.29, 1.82) is 0 Å². The highest BCUT2D eigenvalue weighted by atomic mass is 35.5. The third-order valence-corrected chi connectivity index (χ3v) is 3.42. The van der Waals surface area contributed by atoms with Crippen molar-refractivity contribution in [1.82, 2.24) is 9.97 Å². The SMILES string of the molecule is O=C(O)c1c(Cl)nc(-c2ccccc2)nc1Nc1ccccc1. The van der Waals surface area contributed by atoms with E-state index in [2.05, 4.69) is 15.3 Å². The van der Waals surface area contributed by atoms with Crippen molar-refractivity contribution in [3.63, 3.8) is 0 Å². The molecule has 0 aliphatic carbocycles. The van der Waals surface area contributed by atoms with Gasteiger partial charge in [0.25, 0.3) is 0 Å². The molecule has 0 aliphatic rings. The van der Waals surface area contributed by atoms with Crippen molar-refractivity contribution in [2.45, 2.75) is 0 Å². The highest BCUT2D eigenvalue weighted by Crippen LogP contribution is 2.27. The Kier molecular flexibility index (Phi) is 4.21. The molecule has 0 spiro atoms. The summed E-state index contributed by atoms with van der Waals surface area (Å²) in [5.41, 5.74) is 1.31. The van der Waals surface area contributed by atoms with Gasteiger partial charge in [0.2, 0.25) is 0 Å². The lowest BCUT2D eigenvalue weighted by molar-refractivity contribution is 0.0697. The summed E-state index contributed by atoms with van der Waals surface area (Å²) >= 11 is 6.07. The van der Waals surface area contributed by atoms with Gasteiger partial charge in [-0.1, -0.05) is 60.1 Å². The van der Waals surface area contributed by atoms with Crippen molar-refractivity contribution in [2.24, 2.45) is 0 Å². The van der Waals surface area contributed by atoms with Crippen LogP contribution in [0.1, 0.15) is 10.4 Å². The van der Waals surface area contributed by atoms with E-state index in [0.717, 1.165) is 5.56 Å². The molecule has 0 radical (unpaired) electrons. The molecule has 0 unspecified atom stereocenters. The Bertz CT molecular complexity index is 839. The zero-order chi connectivity index (χ0) is 16.2. The molecule has 0 aliphatic heterocycles. The van der Waals surface area contributed by atoms with Crippen LogP contribution < -0.4 is 5.32 Å². The molecule has 1 heterocycles. The molecule has 5 nitrogen and oxygen atoms in total. The molecule has 2 N–H and O–H groups in total. The van der Waals surface area contributed by atoms with Crippen LogP contribution in [0.25, 0.3) is 11.4 Å². The standard InChI is InChI=1S/C17H12ClN3O2/c18-14-13(17(22)23)16(19-12-9-5-2-6-10-12)21-15(20-14)11-7-3-1-4-8-11/h1-10H,(H,22,23)(H,19,20,21). The van der Waals surface area contributed by atoms with Crippen molar-refractivity contribution in [2.75, 3.05) is 5.32 Å². The Hall–Kier alpha value is -2.92. The first kappa shape index (κ1) is 15.0. The van der Waals surface area contributed by atoms with Gasteiger partial charge in [0.15, 0.2) is 11.6 Å². The average molecular weight is 326 g/mol. The Morgan fingerprint density at radius 3 is 2.17 bits per heavy atom. The van der Waals surface area contributed by atoms with E-state index in [-0.39, 0.29) is 16.5 Å². The Morgan fingerprint density at radius 1 is 0.957 bits per heavy atom. The van der Waals surface area contributed by atoms with E-state index in [1.165, 1.54) is 0 Å². The summed E-state index contributed by atoms with van der Waals surface area (Å²) in [6, 6.07) is 18.4. The van der Waals surface area contributed by atoms with Gasteiger partial charge in [-0.25, -0.2) is 14.8 Å². The molecule has 23 heavy (non-hydrogen) atoms. The predicted molar refractivity (Wildman–Crippen MR) is 89.2 cm³/mol. The third-order valence-electron chi connectivity index (χ3n) is 3.15. The molecule has 0 bridgehead atoms. The van der Waals surface area contributed by atoms with E-state index in [1.807, 2.05) is 60.7 Å². The number of nitrogens with one attached hydrogen (secondary N) is 1. The van der Waals surface area contributed by atoms with Crippen LogP contribution in [0.4, 0.5) is 11.5 Å². The molecular weight excluding hydrogens is 314 g/mol. The number of aromatic nitrogens is 2. The molecular formula is C17H12ClN3O2. The third kappa shape index (κ3) is 3.30. The van der Waals surface area contributed by atoms with E-state index in [4.69, 9.17) is 11.6 Å². The molecule has 0 atom stereocenters. The Balaban J connectivity index is 2.11. The van der Waals surface area contributed by atoms with E-state index >= 15 is 0 Å². The van der Waals surface area contributed by atoms with Crippen LogP contribution in [0, 0.1) is 0 Å². The molecule has 2 aromatic carbocycles. The average Bonchev–Trinajstić information content (AvgIpc) is 2.56. The molecule has 0 saturated heterocycles. The molecule has 3 aromatic rings. The van der Waals surface area contributed by atoms with Gasteiger partial charge < -0.3 is 10.4 Å². The van der Waals surface area contributed by atoms with Gasteiger partial charge in [-0.3, -0.25) is 0 Å². The maximum absolute atomic E-state index is 11.5. The number of anilines is 2. The number of carboxylic acid groups (broad SMARTS) is 1. The van der Waals surface area contributed by atoms with Gasteiger partial charge in [0.05, 0.1) is 0 Å². The number of hydrogen-bond donors (Lipinski definition) is 2. The van der Waals surface area contributed by atoms with Gasteiger partial charge in [-0.15, -0.1) is 0 Å². The zero-order valence-corrected chi connectivity index (χ0v) is 12.7. The monoisotopic (exact) mass is 325 g/mol. The van der Waals surface area contributed by atoms with Crippen LogP contribution in [0.2, 0.25) is 5.15 Å². The smallest absolute Gasteiger partial charge is 0.342 e. The minimum Gasteiger partial charge on any atom is -0.477 e. The first-order valence-electron chi connectivity index (χ1n) is 6.83. The van der Waals surface area contributed by atoms with Gasteiger partial charge in [0.1, 0.15) is 10.7 Å². The van der Waals surface area contributed by atoms with Gasteiger partial charge in [-0.2, -0.15) is 0 Å². The normalized spacial score (nSPS) is 10.3. The van der Waals surface area contributed by atoms with Crippen LogP contribution in [0.5, 0.6) is 0 Å². The highest BCUT2D eigenvalue weighted by Gasteiger charge is 2.20. The molecule has 6 heteroatoms. The number of benzene rings is 2. The lowest BCUT2D eigenvalue weighted by Gasteiger charge is -2.11. The number of halogens is 1. The number of aromatic carboxylic acids is 1. The second-order valence-electron chi connectivity index (χ2n) is 4.72. The second kappa shape index (κ2) is 6.46. The quantitative estimate of drug-likeness (QED) is 0.702. The minimum atomic E-state index is -1.19. The minimum absolute atomic E-state index is 0.107. The molecule has 114 valence electrons.